The second-order valence-electron chi connectivity index (χ2n) is 3.86. The van der Waals surface area contributed by atoms with Crippen molar-refractivity contribution in [2.24, 2.45) is 0 Å². The number of hydrogen-bond acceptors (Lipinski definition) is 6. The van der Waals surface area contributed by atoms with Crippen LogP contribution in [0.3, 0.4) is 0 Å². The van der Waals surface area contributed by atoms with Gasteiger partial charge in [0, 0.05) is 18.0 Å². The molecule has 0 aromatic carbocycles. The average molecular weight is 278 g/mol. The molecule has 0 radical (unpaired) electrons. The quantitative estimate of drug-likeness (QED) is 0.815. The molecule has 106 valence electrons. The van der Waals surface area contributed by atoms with Crippen molar-refractivity contribution in [3.8, 4) is 6.07 Å². The van der Waals surface area contributed by atoms with Gasteiger partial charge in [0.25, 0.3) is 0 Å². The number of imide groups is 1. The van der Waals surface area contributed by atoms with Gasteiger partial charge in [-0.3, -0.25) is 0 Å². The summed E-state index contributed by atoms with van der Waals surface area (Å²) in [7, 11) is 0. The van der Waals surface area contributed by atoms with E-state index in [1.807, 2.05) is 6.92 Å². The van der Waals surface area contributed by atoms with Crippen LogP contribution in [0.15, 0.2) is 12.4 Å². The SMILES string of the molecule is CCCCOC(=O)N(Cc1cnc(C#N)nc1)C(=O)O. The van der Waals surface area contributed by atoms with E-state index < -0.39 is 12.2 Å². The Bertz CT molecular complexity index is 509. The Labute approximate surface area is 115 Å². The first-order valence-electron chi connectivity index (χ1n) is 5.96. The highest BCUT2D eigenvalue weighted by Gasteiger charge is 2.22. The van der Waals surface area contributed by atoms with Gasteiger partial charge in [-0.2, -0.15) is 5.26 Å². The number of unbranched alkanes of at least 4 members (excludes halogenated alkanes) is 1. The number of ether oxygens (including phenoxy) is 1. The molecule has 0 bridgehead atoms. The lowest BCUT2D eigenvalue weighted by Gasteiger charge is -2.16. The summed E-state index contributed by atoms with van der Waals surface area (Å²) in [6.45, 7) is 1.87. The molecule has 2 amide bonds. The van der Waals surface area contributed by atoms with Gasteiger partial charge in [-0.05, 0) is 6.42 Å². The van der Waals surface area contributed by atoms with E-state index in [-0.39, 0.29) is 19.0 Å². The normalized spacial score (nSPS) is 9.60. The van der Waals surface area contributed by atoms with Crippen molar-refractivity contribution in [3.05, 3.63) is 23.8 Å². The predicted molar refractivity (Wildman–Crippen MR) is 66.6 cm³/mol. The second-order valence-corrected chi connectivity index (χ2v) is 3.86. The molecule has 0 fully saturated rings. The maximum Gasteiger partial charge on any atom is 0.419 e. The van der Waals surface area contributed by atoms with Crippen molar-refractivity contribution in [3.63, 3.8) is 0 Å². The number of carbonyl (C=O) groups is 2. The summed E-state index contributed by atoms with van der Waals surface area (Å²) in [6, 6.07) is 1.74. The molecule has 0 unspecified atom stereocenters. The zero-order valence-corrected chi connectivity index (χ0v) is 10.9. The lowest BCUT2D eigenvalue weighted by molar-refractivity contribution is 0.0911. The molecule has 0 aliphatic carbocycles. The van der Waals surface area contributed by atoms with Gasteiger partial charge in [-0.1, -0.05) is 13.3 Å². The number of carboxylic acid groups (broad SMARTS) is 1. The van der Waals surface area contributed by atoms with Crippen LogP contribution in [0.2, 0.25) is 0 Å². The van der Waals surface area contributed by atoms with Crippen LogP contribution in [0.25, 0.3) is 0 Å². The summed E-state index contributed by atoms with van der Waals surface area (Å²) in [5.74, 6) is -0.0267. The van der Waals surface area contributed by atoms with E-state index in [1.165, 1.54) is 12.4 Å². The van der Waals surface area contributed by atoms with Crippen molar-refractivity contribution in [1.82, 2.24) is 14.9 Å². The highest BCUT2D eigenvalue weighted by Crippen LogP contribution is 2.06. The van der Waals surface area contributed by atoms with E-state index in [0.717, 1.165) is 6.42 Å². The van der Waals surface area contributed by atoms with E-state index in [1.54, 1.807) is 6.07 Å². The minimum atomic E-state index is -1.42. The van der Waals surface area contributed by atoms with Gasteiger partial charge in [-0.15, -0.1) is 0 Å². The minimum Gasteiger partial charge on any atom is -0.465 e. The molecule has 0 spiro atoms. The number of aromatic nitrogens is 2. The number of nitriles is 1. The summed E-state index contributed by atoms with van der Waals surface area (Å²) in [6.07, 6.45) is 1.73. The third kappa shape index (κ3) is 4.53. The molecule has 0 atom stereocenters. The molecular formula is C12H14N4O4. The van der Waals surface area contributed by atoms with Crippen LogP contribution in [-0.4, -0.2) is 38.8 Å². The molecular weight excluding hydrogens is 264 g/mol. The van der Waals surface area contributed by atoms with Crippen LogP contribution in [0.4, 0.5) is 9.59 Å². The Kier molecular flexibility index (Phi) is 5.90. The summed E-state index contributed by atoms with van der Waals surface area (Å²) in [4.78, 5) is 30.6. The molecule has 20 heavy (non-hydrogen) atoms. The molecule has 1 heterocycles. The van der Waals surface area contributed by atoms with Crippen LogP contribution < -0.4 is 0 Å². The van der Waals surface area contributed by atoms with Crippen molar-refractivity contribution < 1.29 is 19.4 Å². The van der Waals surface area contributed by atoms with Crippen molar-refractivity contribution in [2.75, 3.05) is 6.61 Å². The Morgan fingerprint density at radius 2 is 2.10 bits per heavy atom. The summed E-state index contributed by atoms with van der Waals surface area (Å²) in [5, 5.41) is 17.5. The fourth-order valence-corrected chi connectivity index (χ4v) is 1.27. The van der Waals surface area contributed by atoms with Crippen LogP contribution in [0.5, 0.6) is 0 Å². The lowest BCUT2D eigenvalue weighted by atomic mass is 10.3. The molecule has 1 N–H and O–H groups in total. The van der Waals surface area contributed by atoms with Crippen LogP contribution in [0.1, 0.15) is 31.2 Å². The number of carbonyl (C=O) groups excluding carboxylic acids is 1. The first kappa shape index (κ1) is 15.4. The Morgan fingerprint density at radius 3 is 2.60 bits per heavy atom. The molecule has 0 aliphatic rings. The van der Waals surface area contributed by atoms with Gasteiger partial charge in [0.15, 0.2) is 0 Å². The van der Waals surface area contributed by atoms with E-state index in [2.05, 4.69) is 9.97 Å². The van der Waals surface area contributed by atoms with Gasteiger partial charge >= 0.3 is 12.2 Å². The largest absolute Gasteiger partial charge is 0.465 e. The summed E-state index contributed by atoms with van der Waals surface area (Å²) in [5.41, 5.74) is 0.388. The smallest absolute Gasteiger partial charge is 0.419 e. The second kappa shape index (κ2) is 7.68. The van der Waals surface area contributed by atoms with Gasteiger partial charge in [0.1, 0.15) is 6.07 Å². The molecule has 1 aromatic rings. The lowest BCUT2D eigenvalue weighted by Crippen LogP contribution is -2.36. The van der Waals surface area contributed by atoms with Gasteiger partial charge in [-0.25, -0.2) is 24.5 Å². The highest BCUT2D eigenvalue weighted by atomic mass is 16.6. The van der Waals surface area contributed by atoms with E-state index in [0.29, 0.717) is 16.9 Å². The van der Waals surface area contributed by atoms with Crippen LogP contribution in [-0.2, 0) is 11.3 Å². The number of hydrogen-bond donors (Lipinski definition) is 1. The van der Waals surface area contributed by atoms with Crippen LogP contribution in [0, 0.1) is 11.3 Å². The number of amides is 2. The zero-order valence-electron chi connectivity index (χ0n) is 10.9. The average Bonchev–Trinajstić information content (AvgIpc) is 2.45. The van der Waals surface area contributed by atoms with Crippen molar-refractivity contribution >= 4 is 12.2 Å². The number of nitrogens with zero attached hydrogens (tertiary/aromatic N) is 4. The van der Waals surface area contributed by atoms with Gasteiger partial charge < -0.3 is 9.84 Å². The maximum absolute atomic E-state index is 11.6. The van der Waals surface area contributed by atoms with Gasteiger partial charge in [0.2, 0.25) is 5.82 Å². The van der Waals surface area contributed by atoms with E-state index in [4.69, 9.17) is 15.1 Å². The predicted octanol–water partition coefficient (Wildman–Crippen LogP) is 1.76. The molecule has 0 aliphatic heterocycles. The van der Waals surface area contributed by atoms with Crippen molar-refractivity contribution in [1.29, 1.82) is 5.26 Å². The fourth-order valence-electron chi connectivity index (χ4n) is 1.27. The Hall–Kier alpha value is -2.69. The Balaban J connectivity index is 2.69. The monoisotopic (exact) mass is 278 g/mol. The summed E-state index contributed by atoms with van der Waals surface area (Å²) >= 11 is 0. The molecule has 8 heteroatoms. The molecule has 0 saturated heterocycles. The van der Waals surface area contributed by atoms with Crippen molar-refractivity contribution in [2.45, 2.75) is 26.3 Å². The molecule has 8 nitrogen and oxygen atoms in total. The first-order chi connectivity index (χ1) is 9.58. The third-order valence-electron chi connectivity index (χ3n) is 2.32. The molecule has 1 rings (SSSR count). The third-order valence-corrected chi connectivity index (χ3v) is 2.32. The van der Waals surface area contributed by atoms with E-state index >= 15 is 0 Å². The van der Waals surface area contributed by atoms with Gasteiger partial charge in [0.05, 0.1) is 13.2 Å². The van der Waals surface area contributed by atoms with Crippen LogP contribution >= 0.6 is 0 Å². The highest BCUT2D eigenvalue weighted by molar-refractivity contribution is 5.86. The summed E-state index contributed by atoms with van der Waals surface area (Å²) < 4.78 is 4.84. The minimum absolute atomic E-state index is 0.0267. The Morgan fingerprint density at radius 1 is 1.45 bits per heavy atom. The first-order valence-corrected chi connectivity index (χ1v) is 5.96. The molecule has 0 saturated carbocycles. The molecule has 1 aromatic heterocycles. The fraction of sp³-hybridized carbons (Fsp3) is 0.417. The topological polar surface area (TPSA) is 116 Å². The maximum atomic E-state index is 11.6. The van der Waals surface area contributed by atoms with E-state index in [9.17, 15) is 9.59 Å². The standard InChI is InChI=1S/C12H14N4O4/c1-2-3-4-20-12(19)16(11(17)18)8-9-6-14-10(5-13)15-7-9/h6-7H,2-4,8H2,1H3,(H,17,18). The zero-order chi connectivity index (χ0) is 15.0. The number of rotatable bonds is 5.